The monoisotopic (exact) mass is 507 g/mol. The summed E-state index contributed by atoms with van der Waals surface area (Å²) < 4.78 is 37.8. The number of ether oxygens (including phenoxy) is 5. The molecule has 1 amide bonds. The van der Waals surface area contributed by atoms with E-state index in [4.69, 9.17) is 23.7 Å². The Kier molecular flexibility index (Phi) is 10.4. The maximum Gasteiger partial charge on any atom is 0.256 e. The number of carbonyl (C=O) groups excluding carboxylic acids is 1. The first kappa shape index (κ1) is 29.5. The van der Waals surface area contributed by atoms with Gasteiger partial charge in [-0.05, 0) is 6.92 Å². The van der Waals surface area contributed by atoms with Crippen molar-refractivity contribution in [2.24, 2.45) is 11.3 Å². The first-order valence-corrected chi connectivity index (χ1v) is 12.3. The smallest absolute Gasteiger partial charge is 0.256 e. The number of aliphatic hydroxyl groups is 2. The molecule has 11 heteroatoms. The molecule has 2 saturated heterocycles. The molecule has 9 atom stereocenters. The maximum absolute atomic E-state index is 13.1. The van der Waals surface area contributed by atoms with Gasteiger partial charge in [-0.15, -0.1) is 0 Å². The Morgan fingerprint density at radius 1 is 1.29 bits per heavy atom. The fraction of sp³-hybridized carbons (Fsp3) is 0.870. The van der Waals surface area contributed by atoms with Crippen LogP contribution in [-0.4, -0.2) is 90.0 Å². The van der Waals surface area contributed by atoms with Crippen molar-refractivity contribution in [3.63, 3.8) is 0 Å². The normalized spacial score (nSPS) is 36.5. The number of hydrogen-bond acceptors (Lipinski definition) is 10. The third kappa shape index (κ3) is 6.13. The molecule has 0 aromatic heterocycles. The van der Waals surface area contributed by atoms with Crippen LogP contribution in [0.25, 0.3) is 0 Å². The van der Waals surface area contributed by atoms with Crippen molar-refractivity contribution < 1.29 is 43.2 Å². The summed E-state index contributed by atoms with van der Waals surface area (Å²) in [6.07, 6.45) is -4.24. The number of methoxy groups -OCH3 is 3. The van der Waals surface area contributed by atoms with E-state index in [1.165, 1.54) is 21.3 Å². The molecule has 0 aliphatic carbocycles. The highest BCUT2D eigenvalue weighted by Gasteiger charge is 2.51. The highest BCUT2D eigenvalue weighted by atomic mass is 32.2. The first-order valence-electron chi connectivity index (χ1n) is 11.4. The van der Waals surface area contributed by atoms with Crippen molar-refractivity contribution in [2.45, 2.75) is 94.9 Å². The number of rotatable bonds is 10. The van der Waals surface area contributed by atoms with Gasteiger partial charge < -0.3 is 43.8 Å². The van der Waals surface area contributed by atoms with Crippen LogP contribution in [0.5, 0.6) is 0 Å². The van der Waals surface area contributed by atoms with Crippen LogP contribution in [0.3, 0.4) is 0 Å². The minimum atomic E-state index is -1.66. The van der Waals surface area contributed by atoms with Gasteiger partial charge in [-0.25, -0.2) is 0 Å². The number of hydrogen-bond donors (Lipinski definition) is 4. The molecule has 2 aliphatic rings. The molecule has 0 radical (unpaired) electrons. The van der Waals surface area contributed by atoms with E-state index in [0.717, 1.165) is 5.57 Å². The van der Waals surface area contributed by atoms with Crippen LogP contribution in [0, 0.1) is 11.3 Å². The van der Waals surface area contributed by atoms with E-state index in [2.05, 4.69) is 11.9 Å². The third-order valence-corrected chi connectivity index (χ3v) is 7.98. The molecule has 10 nitrogen and oxygen atoms in total. The van der Waals surface area contributed by atoms with Crippen LogP contribution in [0.15, 0.2) is 12.2 Å². The zero-order valence-corrected chi connectivity index (χ0v) is 22.0. The van der Waals surface area contributed by atoms with Gasteiger partial charge in [0.15, 0.2) is 12.3 Å². The molecule has 0 bridgehead atoms. The van der Waals surface area contributed by atoms with E-state index in [0.29, 0.717) is 18.5 Å². The van der Waals surface area contributed by atoms with Gasteiger partial charge in [0.05, 0.1) is 18.3 Å². The Hall–Kier alpha value is -0.760. The van der Waals surface area contributed by atoms with Crippen molar-refractivity contribution >= 4 is 17.9 Å². The lowest BCUT2D eigenvalue weighted by molar-refractivity contribution is -0.298. The number of carbonyl (C=O) groups is 1. The Morgan fingerprint density at radius 3 is 2.44 bits per heavy atom. The highest BCUT2D eigenvalue weighted by molar-refractivity contribution is 7.94. The SMILES string of the molecule is C=C1C[C@](OC)([C@H](O)C(=O)N[C@@H](OC)C2C[C@@H](O)C(C)(C)[C@@H](C[C@H](OC)SO)O2)OC(C)[C@@H]1C. The highest BCUT2D eigenvalue weighted by Crippen LogP contribution is 2.41. The van der Waals surface area contributed by atoms with E-state index in [-0.39, 0.29) is 24.9 Å². The van der Waals surface area contributed by atoms with Crippen LogP contribution in [-0.2, 0) is 28.5 Å². The molecule has 2 unspecified atom stereocenters. The molecule has 0 saturated carbocycles. The Morgan fingerprint density at radius 2 is 1.94 bits per heavy atom. The van der Waals surface area contributed by atoms with Gasteiger partial charge in [-0.3, -0.25) is 4.79 Å². The Balaban J connectivity index is 2.16. The molecule has 2 aliphatic heterocycles. The lowest BCUT2D eigenvalue weighted by Crippen LogP contribution is -2.62. The van der Waals surface area contributed by atoms with Gasteiger partial charge in [0.25, 0.3) is 5.91 Å². The summed E-state index contributed by atoms with van der Waals surface area (Å²) in [5.74, 6) is -2.29. The second kappa shape index (κ2) is 12.0. The van der Waals surface area contributed by atoms with Crippen molar-refractivity contribution in [1.82, 2.24) is 5.32 Å². The van der Waals surface area contributed by atoms with Gasteiger partial charge in [0, 0.05) is 64.0 Å². The standard InChI is InChI=1S/C23H41NO9S/c1-12-11-23(31-8,33-14(3)13(12)2)19(26)20(27)24-21(30-7)15-9-16(25)22(4,5)17(32-15)10-18(29-6)34-28/h13-19,21,25-26,28H,1,9-11H2,2-8H3,(H,24,27)/t13-,14?,15?,16-,17-,18-,19-,21+,23-/m1/s1. The summed E-state index contributed by atoms with van der Waals surface area (Å²) in [7, 11) is 4.25. The fourth-order valence-corrected chi connectivity index (χ4v) is 4.82. The number of amides is 1. The second-order valence-corrected chi connectivity index (χ2v) is 10.5. The molecule has 0 aromatic rings. The van der Waals surface area contributed by atoms with Crippen LogP contribution in [0.4, 0.5) is 0 Å². The maximum atomic E-state index is 13.1. The predicted molar refractivity (Wildman–Crippen MR) is 127 cm³/mol. The largest absolute Gasteiger partial charge is 0.392 e. The number of aliphatic hydroxyl groups excluding tert-OH is 2. The second-order valence-electron chi connectivity index (χ2n) is 9.77. The third-order valence-electron chi connectivity index (χ3n) is 7.36. The molecule has 2 heterocycles. The molecular formula is C23H41NO9S. The quantitative estimate of drug-likeness (QED) is 0.197. The van der Waals surface area contributed by atoms with Gasteiger partial charge >= 0.3 is 0 Å². The van der Waals surface area contributed by atoms with E-state index in [1.54, 1.807) is 0 Å². The minimum absolute atomic E-state index is 0.0516. The van der Waals surface area contributed by atoms with Gasteiger partial charge in [0.2, 0.25) is 5.79 Å². The van der Waals surface area contributed by atoms with Crippen molar-refractivity contribution in [3.8, 4) is 0 Å². The van der Waals surface area contributed by atoms with Crippen molar-refractivity contribution in [2.75, 3.05) is 21.3 Å². The fourth-order valence-electron chi connectivity index (χ4n) is 4.47. The summed E-state index contributed by atoms with van der Waals surface area (Å²) in [6, 6.07) is 0. The Labute approximate surface area is 206 Å². The molecule has 0 spiro atoms. The molecule has 2 rings (SSSR count). The van der Waals surface area contributed by atoms with Crippen LogP contribution in [0.2, 0.25) is 0 Å². The summed E-state index contributed by atoms with van der Waals surface area (Å²) in [5.41, 5.74) is -0.363. The predicted octanol–water partition coefficient (Wildman–Crippen LogP) is 1.89. The molecule has 4 N–H and O–H groups in total. The summed E-state index contributed by atoms with van der Waals surface area (Å²) >= 11 is 0.561. The van der Waals surface area contributed by atoms with E-state index in [9.17, 15) is 19.6 Å². The first-order chi connectivity index (χ1) is 15.9. The zero-order valence-electron chi connectivity index (χ0n) is 21.1. The summed E-state index contributed by atoms with van der Waals surface area (Å²) in [4.78, 5) is 13.1. The minimum Gasteiger partial charge on any atom is -0.392 e. The summed E-state index contributed by atoms with van der Waals surface area (Å²) in [5, 5.41) is 24.4. The lowest BCUT2D eigenvalue weighted by Gasteiger charge is -2.48. The van der Waals surface area contributed by atoms with Crippen LogP contribution >= 0.6 is 12.0 Å². The van der Waals surface area contributed by atoms with E-state index >= 15 is 0 Å². The van der Waals surface area contributed by atoms with Gasteiger partial charge in [-0.1, -0.05) is 32.9 Å². The average molecular weight is 508 g/mol. The van der Waals surface area contributed by atoms with Crippen LogP contribution < -0.4 is 5.32 Å². The molecule has 34 heavy (non-hydrogen) atoms. The molecule has 2 fully saturated rings. The van der Waals surface area contributed by atoms with E-state index < -0.39 is 53.2 Å². The summed E-state index contributed by atoms with van der Waals surface area (Å²) in [6.45, 7) is 11.6. The lowest BCUT2D eigenvalue weighted by atomic mass is 9.75. The average Bonchev–Trinajstić information content (AvgIpc) is 2.80. The number of nitrogens with one attached hydrogen (secondary N) is 1. The van der Waals surface area contributed by atoms with Gasteiger partial charge in [-0.2, -0.15) is 0 Å². The van der Waals surface area contributed by atoms with E-state index in [1.807, 2.05) is 27.7 Å². The molecule has 198 valence electrons. The van der Waals surface area contributed by atoms with Crippen molar-refractivity contribution in [3.05, 3.63) is 12.2 Å². The molecular weight excluding hydrogens is 466 g/mol. The Bertz CT molecular complexity index is 704. The molecule has 0 aromatic carbocycles. The zero-order chi connectivity index (χ0) is 25.8. The van der Waals surface area contributed by atoms with Crippen LogP contribution in [0.1, 0.15) is 47.0 Å². The van der Waals surface area contributed by atoms with Gasteiger partial charge in [0.1, 0.15) is 11.5 Å². The van der Waals surface area contributed by atoms with Crippen molar-refractivity contribution in [1.29, 1.82) is 0 Å². The topological polar surface area (TPSA) is 136 Å².